The second kappa shape index (κ2) is 5.22. The summed E-state index contributed by atoms with van der Waals surface area (Å²) in [6.07, 6.45) is 1.29. The molecule has 0 aromatic heterocycles. The summed E-state index contributed by atoms with van der Waals surface area (Å²) in [4.78, 5) is 1.63. The molecule has 7 heteroatoms. The van der Waals surface area contributed by atoms with Crippen LogP contribution < -0.4 is 0 Å². The highest BCUT2D eigenvalue weighted by Crippen LogP contribution is 2.67. The summed E-state index contributed by atoms with van der Waals surface area (Å²) in [7, 11) is 0. The van der Waals surface area contributed by atoms with Gasteiger partial charge in [-0.1, -0.05) is 47.0 Å². The van der Waals surface area contributed by atoms with Crippen molar-refractivity contribution in [3.8, 4) is 0 Å². The van der Waals surface area contributed by atoms with E-state index in [0.29, 0.717) is 0 Å². The van der Waals surface area contributed by atoms with Gasteiger partial charge in [-0.05, 0) is 6.42 Å². The third-order valence-corrected chi connectivity index (χ3v) is 12.9. The first-order valence-electron chi connectivity index (χ1n) is 5.21. The van der Waals surface area contributed by atoms with Crippen LogP contribution >= 0.6 is 82.3 Å². The Hall–Kier alpha value is 1.67. The van der Waals surface area contributed by atoms with Gasteiger partial charge in [-0.25, -0.2) is 0 Å². The minimum absolute atomic E-state index is 1.28. The lowest BCUT2D eigenvalue weighted by molar-refractivity contribution is 1.25. The summed E-state index contributed by atoms with van der Waals surface area (Å²) in [6, 6.07) is 0. The Morgan fingerprint density at radius 2 is 1.12 bits per heavy atom. The van der Waals surface area contributed by atoms with E-state index in [1.54, 1.807) is 26.1 Å². The number of hydrogen-bond acceptors (Lipinski definition) is 7. The Bertz CT molecular complexity index is 435. The molecule has 17 heavy (non-hydrogen) atoms. The summed E-state index contributed by atoms with van der Waals surface area (Å²) in [5, 5.41) is 0. The van der Waals surface area contributed by atoms with Crippen LogP contribution in [0.25, 0.3) is 0 Å². The minimum Gasteiger partial charge on any atom is -0.118 e. The van der Waals surface area contributed by atoms with E-state index in [1.807, 2.05) is 82.3 Å². The summed E-state index contributed by atoms with van der Waals surface area (Å²) in [5.41, 5.74) is 0. The highest BCUT2D eigenvalue weighted by Gasteiger charge is 2.32. The predicted octanol–water partition coefficient (Wildman–Crippen LogP) is 5.99. The van der Waals surface area contributed by atoms with Gasteiger partial charge >= 0.3 is 0 Å². The first-order chi connectivity index (χ1) is 8.40. The lowest BCUT2D eigenvalue weighted by Gasteiger charge is -2.08. The molecule has 0 aromatic carbocycles. The van der Waals surface area contributed by atoms with E-state index in [9.17, 15) is 0 Å². The SMILES string of the molecule is C1CC2=C(S1)SC(=C1SC3=C(SCCS3)S1)S2. The average Bonchev–Trinajstić information content (AvgIpc) is 3.01. The van der Waals surface area contributed by atoms with Crippen molar-refractivity contribution in [3.05, 3.63) is 26.1 Å². The molecule has 0 nitrogen and oxygen atoms in total. The van der Waals surface area contributed by atoms with E-state index in [2.05, 4.69) is 0 Å². The Kier molecular flexibility index (Phi) is 3.81. The molecule has 4 heterocycles. The highest BCUT2D eigenvalue weighted by atomic mass is 32.3. The van der Waals surface area contributed by atoms with Gasteiger partial charge in [0.2, 0.25) is 0 Å². The molecule has 0 unspecified atom stereocenters. The van der Waals surface area contributed by atoms with Crippen molar-refractivity contribution in [2.75, 3.05) is 17.3 Å². The van der Waals surface area contributed by atoms with Gasteiger partial charge in [0.05, 0.1) is 21.2 Å². The molecule has 0 saturated carbocycles. The quantitative estimate of drug-likeness (QED) is 0.518. The standard InChI is InChI=1S/C10H8S7/c1-2-11-6-5(1)14-9(15-6)10-16-7-8(17-10)13-4-3-12-7/h1-4H2. The summed E-state index contributed by atoms with van der Waals surface area (Å²) in [6.45, 7) is 0. The molecular formula is C10H8S7. The molecule has 0 amide bonds. The molecule has 0 atom stereocenters. The van der Waals surface area contributed by atoms with Crippen LogP contribution in [0, 0.1) is 0 Å². The monoisotopic (exact) mass is 352 g/mol. The van der Waals surface area contributed by atoms with Crippen LogP contribution in [0.4, 0.5) is 0 Å². The largest absolute Gasteiger partial charge is 0.118 e. The van der Waals surface area contributed by atoms with Gasteiger partial charge in [0.25, 0.3) is 0 Å². The normalized spacial score (nSPS) is 28.2. The Morgan fingerprint density at radius 3 is 1.82 bits per heavy atom. The van der Waals surface area contributed by atoms with Crippen molar-refractivity contribution in [1.29, 1.82) is 0 Å². The van der Waals surface area contributed by atoms with Crippen LogP contribution in [0.5, 0.6) is 0 Å². The maximum atomic E-state index is 2.05. The summed E-state index contributed by atoms with van der Waals surface area (Å²) >= 11 is 14.2. The van der Waals surface area contributed by atoms with Crippen LogP contribution in [-0.2, 0) is 0 Å². The smallest absolute Gasteiger partial charge is 0.0717 e. The third-order valence-electron chi connectivity index (χ3n) is 2.45. The fraction of sp³-hybridized carbons (Fsp3) is 0.400. The van der Waals surface area contributed by atoms with Gasteiger partial charge in [0.1, 0.15) is 0 Å². The van der Waals surface area contributed by atoms with E-state index < -0.39 is 0 Å². The van der Waals surface area contributed by atoms with E-state index in [1.165, 1.54) is 23.7 Å². The van der Waals surface area contributed by atoms with Gasteiger partial charge in [-0.2, -0.15) is 0 Å². The zero-order chi connectivity index (χ0) is 11.2. The first kappa shape index (κ1) is 12.4. The van der Waals surface area contributed by atoms with Gasteiger partial charge in [-0.3, -0.25) is 0 Å². The topological polar surface area (TPSA) is 0 Å². The fourth-order valence-electron chi connectivity index (χ4n) is 1.70. The molecule has 0 radical (unpaired) electrons. The average molecular weight is 353 g/mol. The number of allylic oxidation sites excluding steroid dienone is 1. The Labute approximate surface area is 131 Å². The van der Waals surface area contributed by atoms with Crippen LogP contribution in [-0.4, -0.2) is 17.3 Å². The molecular weight excluding hydrogens is 345 g/mol. The second-order valence-corrected chi connectivity index (χ2v) is 12.3. The molecule has 0 saturated heterocycles. The molecule has 4 aliphatic heterocycles. The predicted molar refractivity (Wildman–Crippen MR) is 93.4 cm³/mol. The third kappa shape index (κ3) is 2.38. The van der Waals surface area contributed by atoms with Gasteiger partial charge in [-0.15, -0.1) is 35.3 Å². The molecule has 0 N–H and O–H groups in total. The van der Waals surface area contributed by atoms with Crippen LogP contribution in [0.1, 0.15) is 6.42 Å². The van der Waals surface area contributed by atoms with Crippen LogP contribution in [0.3, 0.4) is 0 Å². The van der Waals surface area contributed by atoms with Gasteiger partial charge in [0.15, 0.2) is 0 Å². The molecule has 0 aliphatic carbocycles. The van der Waals surface area contributed by atoms with Crippen molar-refractivity contribution in [2.45, 2.75) is 6.42 Å². The molecule has 4 aliphatic rings. The minimum atomic E-state index is 1.28. The number of hydrogen-bond donors (Lipinski definition) is 0. The van der Waals surface area contributed by atoms with Gasteiger partial charge < -0.3 is 0 Å². The number of rotatable bonds is 0. The maximum absolute atomic E-state index is 2.05. The van der Waals surface area contributed by atoms with Gasteiger partial charge in [0, 0.05) is 22.2 Å². The van der Waals surface area contributed by atoms with Crippen LogP contribution in [0.15, 0.2) is 26.1 Å². The molecule has 0 aromatic rings. The zero-order valence-electron chi connectivity index (χ0n) is 8.69. The molecule has 4 rings (SSSR count). The summed E-state index contributed by atoms with van der Waals surface area (Å²) in [5.74, 6) is 3.86. The second-order valence-electron chi connectivity index (χ2n) is 3.56. The highest BCUT2D eigenvalue weighted by molar-refractivity contribution is 8.44. The van der Waals surface area contributed by atoms with Crippen molar-refractivity contribution in [3.63, 3.8) is 0 Å². The lowest BCUT2D eigenvalue weighted by atomic mass is 10.5. The molecule has 90 valence electrons. The number of thioether (sulfide) groups is 7. The molecule has 0 spiro atoms. The van der Waals surface area contributed by atoms with E-state index in [4.69, 9.17) is 0 Å². The summed E-state index contributed by atoms with van der Waals surface area (Å²) < 4.78 is 7.81. The van der Waals surface area contributed by atoms with Crippen molar-refractivity contribution >= 4 is 82.3 Å². The van der Waals surface area contributed by atoms with E-state index >= 15 is 0 Å². The lowest BCUT2D eigenvalue weighted by Crippen LogP contribution is -1.88. The molecule has 0 fully saturated rings. The van der Waals surface area contributed by atoms with E-state index in [-0.39, 0.29) is 0 Å². The maximum Gasteiger partial charge on any atom is 0.0717 e. The zero-order valence-corrected chi connectivity index (χ0v) is 14.4. The Balaban J connectivity index is 1.55. The first-order valence-corrected chi connectivity index (χ1v) is 11.4. The van der Waals surface area contributed by atoms with Crippen molar-refractivity contribution in [1.82, 2.24) is 0 Å². The fourth-order valence-corrected chi connectivity index (χ4v) is 12.4. The van der Waals surface area contributed by atoms with Crippen molar-refractivity contribution in [2.24, 2.45) is 0 Å². The molecule has 0 bridgehead atoms. The Morgan fingerprint density at radius 1 is 0.529 bits per heavy atom. The van der Waals surface area contributed by atoms with Crippen LogP contribution in [0.2, 0.25) is 0 Å². The van der Waals surface area contributed by atoms with Crippen molar-refractivity contribution < 1.29 is 0 Å². The van der Waals surface area contributed by atoms with E-state index in [0.717, 1.165) is 0 Å².